The Morgan fingerprint density at radius 2 is 1.91 bits per heavy atom. The standard InChI is InChI=1S/C13H24N2O5.CH4.H2S/c1-13(2,3)20-12(18)15-6-8-4-9(5-8)19-7-10(14)11(16)17;;/h8-10H,4-7,14H2,1-3H3,(H,15,18)(H,16,17);1H4;1H2/t8?,9?,10-;;/m0../s1. The molecule has 1 fully saturated rings. The fourth-order valence-corrected chi connectivity index (χ4v) is 1.83. The SMILES string of the molecule is C.CC(C)(C)OC(=O)NCC1CC(OC[C@H](N)C(=O)O)C1.S. The van der Waals surface area contributed by atoms with E-state index in [4.69, 9.17) is 20.3 Å². The van der Waals surface area contributed by atoms with Crippen LogP contribution in [0.4, 0.5) is 4.79 Å². The summed E-state index contributed by atoms with van der Waals surface area (Å²) < 4.78 is 10.5. The van der Waals surface area contributed by atoms with Crippen LogP contribution in [0.3, 0.4) is 0 Å². The van der Waals surface area contributed by atoms with Crippen LogP contribution in [-0.2, 0) is 14.3 Å². The van der Waals surface area contributed by atoms with Gasteiger partial charge in [0, 0.05) is 6.54 Å². The predicted octanol–water partition coefficient (Wildman–Crippen LogP) is 1.47. The first-order valence-corrected chi connectivity index (χ1v) is 6.74. The zero-order valence-corrected chi connectivity index (χ0v) is 13.7. The van der Waals surface area contributed by atoms with Crippen molar-refractivity contribution in [2.75, 3.05) is 13.2 Å². The lowest BCUT2D eigenvalue weighted by Gasteiger charge is -2.35. The molecule has 0 aliphatic heterocycles. The van der Waals surface area contributed by atoms with Crippen LogP contribution in [0.15, 0.2) is 0 Å². The number of alkyl carbamates (subject to hydrolysis) is 1. The number of nitrogens with one attached hydrogen (secondary N) is 1. The summed E-state index contributed by atoms with van der Waals surface area (Å²) in [7, 11) is 0. The molecule has 1 amide bonds. The van der Waals surface area contributed by atoms with Crippen LogP contribution in [-0.4, -0.2) is 48.1 Å². The molecule has 22 heavy (non-hydrogen) atoms. The molecule has 1 aliphatic carbocycles. The maximum Gasteiger partial charge on any atom is 0.407 e. The summed E-state index contributed by atoms with van der Waals surface area (Å²) in [5, 5.41) is 11.3. The lowest BCUT2D eigenvalue weighted by molar-refractivity contribution is -0.141. The van der Waals surface area contributed by atoms with Crippen molar-refractivity contribution in [3.8, 4) is 0 Å². The average Bonchev–Trinajstić information content (AvgIpc) is 2.23. The molecule has 1 saturated carbocycles. The van der Waals surface area contributed by atoms with Gasteiger partial charge < -0.3 is 25.6 Å². The van der Waals surface area contributed by atoms with Gasteiger partial charge in [-0.25, -0.2) is 4.79 Å². The summed E-state index contributed by atoms with van der Waals surface area (Å²) in [5.74, 6) is -0.721. The largest absolute Gasteiger partial charge is 0.480 e. The van der Waals surface area contributed by atoms with Gasteiger partial charge in [-0.2, -0.15) is 13.5 Å². The highest BCUT2D eigenvalue weighted by Gasteiger charge is 2.31. The fourth-order valence-electron chi connectivity index (χ4n) is 1.83. The number of ether oxygens (including phenoxy) is 2. The number of hydrogen-bond donors (Lipinski definition) is 3. The third kappa shape index (κ3) is 9.11. The number of carboxylic acids is 1. The van der Waals surface area contributed by atoms with E-state index in [0.29, 0.717) is 12.5 Å². The first-order valence-electron chi connectivity index (χ1n) is 6.74. The Morgan fingerprint density at radius 1 is 1.36 bits per heavy atom. The normalized spacial score (nSPS) is 21.5. The number of aliphatic carboxylic acids is 1. The molecular weight excluding hydrogens is 308 g/mol. The number of rotatable bonds is 6. The zero-order valence-electron chi connectivity index (χ0n) is 12.7. The van der Waals surface area contributed by atoms with Gasteiger partial charge in [0.05, 0.1) is 12.7 Å². The monoisotopic (exact) mass is 338 g/mol. The van der Waals surface area contributed by atoms with E-state index in [9.17, 15) is 9.59 Å². The van der Waals surface area contributed by atoms with Crippen molar-refractivity contribution in [2.45, 2.75) is 58.8 Å². The topological polar surface area (TPSA) is 111 Å². The minimum atomic E-state index is -1.06. The number of carbonyl (C=O) groups is 2. The highest BCUT2D eigenvalue weighted by molar-refractivity contribution is 7.59. The smallest absolute Gasteiger partial charge is 0.407 e. The van der Waals surface area contributed by atoms with Gasteiger partial charge in [0.25, 0.3) is 0 Å². The summed E-state index contributed by atoms with van der Waals surface area (Å²) in [4.78, 5) is 21.9. The Labute approximate surface area is 139 Å². The lowest BCUT2D eigenvalue weighted by atomic mass is 9.82. The Hall–Kier alpha value is -0.990. The van der Waals surface area contributed by atoms with E-state index in [1.54, 1.807) is 0 Å². The lowest BCUT2D eigenvalue weighted by Crippen LogP contribution is -2.43. The molecule has 0 aromatic heterocycles. The Morgan fingerprint density at radius 3 is 2.36 bits per heavy atom. The molecule has 0 aromatic carbocycles. The number of amides is 1. The van der Waals surface area contributed by atoms with Gasteiger partial charge in [-0.1, -0.05) is 7.43 Å². The molecule has 0 bridgehead atoms. The molecule has 8 heteroatoms. The van der Waals surface area contributed by atoms with Crippen LogP contribution in [0, 0.1) is 5.92 Å². The fraction of sp³-hybridized carbons (Fsp3) is 0.857. The van der Waals surface area contributed by atoms with Gasteiger partial charge >= 0.3 is 12.1 Å². The van der Waals surface area contributed by atoms with Crippen LogP contribution in [0.2, 0.25) is 0 Å². The Bertz CT molecular complexity index is 354. The summed E-state index contributed by atoms with van der Waals surface area (Å²) in [6.07, 6.45) is 1.20. The predicted molar refractivity (Wildman–Crippen MR) is 89.4 cm³/mol. The zero-order chi connectivity index (χ0) is 15.3. The van der Waals surface area contributed by atoms with Crippen molar-refractivity contribution in [3.63, 3.8) is 0 Å². The summed E-state index contributed by atoms with van der Waals surface area (Å²) >= 11 is 0. The quantitative estimate of drug-likeness (QED) is 0.676. The van der Waals surface area contributed by atoms with E-state index in [0.717, 1.165) is 12.8 Å². The van der Waals surface area contributed by atoms with Gasteiger partial charge in [0.1, 0.15) is 11.6 Å². The second-order valence-electron chi connectivity index (χ2n) is 6.12. The van der Waals surface area contributed by atoms with Crippen molar-refractivity contribution in [3.05, 3.63) is 0 Å². The second kappa shape index (κ2) is 9.91. The number of carboxylic acid groups (broad SMARTS) is 1. The summed E-state index contributed by atoms with van der Waals surface area (Å²) in [6, 6.07) is -0.978. The Kier molecular flexibility index (Phi) is 10.5. The summed E-state index contributed by atoms with van der Waals surface area (Å²) in [6.45, 7) is 5.99. The van der Waals surface area contributed by atoms with E-state index in [-0.39, 0.29) is 33.6 Å². The van der Waals surface area contributed by atoms with Crippen molar-refractivity contribution in [1.82, 2.24) is 5.32 Å². The number of nitrogens with two attached hydrogens (primary N) is 1. The van der Waals surface area contributed by atoms with Crippen molar-refractivity contribution >= 4 is 25.6 Å². The van der Waals surface area contributed by atoms with E-state index >= 15 is 0 Å². The first-order chi connectivity index (χ1) is 9.17. The molecule has 1 atom stereocenters. The minimum Gasteiger partial charge on any atom is -0.480 e. The molecule has 1 rings (SSSR count). The highest BCUT2D eigenvalue weighted by atomic mass is 32.1. The van der Waals surface area contributed by atoms with E-state index in [1.807, 2.05) is 20.8 Å². The second-order valence-corrected chi connectivity index (χ2v) is 6.12. The number of carbonyl (C=O) groups excluding carboxylic acids is 1. The van der Waals surface area contributed by atoms with Crippen LogP contribution in [0.1, 0.15) is 41.0 Å². The van der Waals surface area contributed by atoms with Crippen LogP contribution in [0.5, 0.6) is 0 Å². The molecule has 0 aromatic rings. The van der Waals surface area contributed by atoms with Gasteiger partial charge in [-0.05, 0) is 39.5 Å². The first kappa shape index (κ1) is 23.3. The molecule has 132 valence electrons. The van der Waals surface area contributed by atoms with Crippen molar-refractivity contribution in [2.24, 2.45) is 11.7 Å². The number of hydrogen-bond acceptors (Lipinski definition) is 5. The van der Waals surface area contributed by atoms with Crippen molar-refractivity contribution < 1.29 is 24.2 Å². The molecule has 0 radical (unpaired) electrons. The maximum atomic E-state index is 11.4. The van der Waals surface area contributed by atoms with Crippen LogP contribution in [0.25, 0.3) is 0 Å². The molecule has 0 saturated heterocycles. The molecule has 0 heterocycles. The molecule has 4 N–H and O–H groups in total. The maximum absolute atomic E-state index is 11.4. The summed E-state index contributed by atoms with van der Waals surface area (Å²) in [5.41, 5.74) is 4.84. The van der Waals surface area contributed by atoms with Gasteiger partial charge in [-0.15, -0.1) is 0 Å². The average molecular weight is 338 g/mol. The van der Waals surface area contributed by atoms with E-state index < -0.39 is 23.7 Å². The van der Waals surface area contributed by atoms with Crippen molar-refractivity contribution in [1.29, 1.82) is 0 Å². The van der Waals surface area contributed by atoms with Crippen LogP contribution < -0.4 is 11.1 Å². The third-order valence-electron chi connectivity index (χ3n) is 2.96. The van der Waals surface area contributed by atoms with Gasteiger partial charge in [0.15, 0.2) is 0 Å². The van der Waals surface area contributed by atoms with E-state index in [2.05, 4.69) is 5.32 Å². The van der Waals surface area contributed by atoms with Gasteiger partial charge in [0.2, 0.25) is 0 Å². The highest BCUT2D eigenvalue weighted by Crippen LogP contribution is 2.29. The van der Waals surface area contributed by atoms with E-state index in [1.165, 1.54) is 0 Å². The molecule has 0 unspecified atom stereocenters. The molecule has 0 spiro atoms. The molecular formula is C14H30N2O5S. The molecule has 1 aliphatic rings. The van der Waals surface area contributed by atoms with Crippen LogP contribution >= 0.6 is 13.5 Å². The Balaban J connectivity index is 0. The third-order valence-corrected chi connectivity index (χ3v) is 2.96. The minimum absolute atomic E-state index is 0. The molecule has 7 nitrogen and oxygen atoms in total. The van der Waals surface area contributed by atoms with Gasteiger partial charge in [-0.3, -0.25) is 4.79 Å².